The summed E-state index contributed by atoms with van der Waals surface area (Å²) in [5.41, 5.74) is 7.83. The first kappa shape index (κ1) is 21.9. The van der Waals surface area contributed by atoms with Crippen molar-refractivity contribution in [2.75, 3.05) is 6.54 Å². The van der Waals surface area contributed by atoms with Gasteiger partial charge >= 0.3 is 0 Å². The fourth-order valence-electron chi connectivity index (χ4n) is 0.467. The van der Waals surface area contributed by atoms with E-state index in [-0.39, 0.29) is 0 Å². The van der Waals surface area contributed by atoms with E-state index in [1.807, 2.05) is 0 Å². The van der Waals surface area contributed by atoms with E-state index in [4.69, 9.17) is 5.53 Å². The van der Waals surface area contributed by atoms with Gasteiger partial charge in [-0.2, -0.15) is 10.0 Å². The van der Waals surface area contributed by atoms with E-state index in [9.17, 15) is 0 Å². The van der Waals surface area contributed by atoms with Crippen molar-refractivity contribution in [3.8, 4) is 0 Å². The molecule has 0 radical (unpaired) electrons. The second-order valence-electron chi connectivity index (χ2n) is 2.51. The van der Waals surface area contributed by atoms with E-state index < -0.39 is 0 Å². The molecule has 25 heteroatoms. The Kier molecular flexibility index (Phi) is 17.0. The van der Waals surface area contributed by atoms with E-state index in [2.05, 4.69) is 125 Å². The average Bonchev–Trinajstić information content (AvgIpc) is 2.68. The number of nitrogens with zero attached hydrogens (tertiary/aromatic N) is 25. The van der Waals surface area contributed by atoms with E-state index in [0.29, 0.717) is 6.54 Å². The van der Waals surface area contributed by atoms with Gasteiger partial charge in [-0.1, -0.05) is 0 Å². The second kappa shape index (κ2) is 20.9. The van der Waals surface area contributed by atoms with Crippen LogP contribution in [-0.2, 0) is 0 Å². The van der Waals surface area contributed by atoms with Crippen molar-refractivity contribution in [1.29, 1.82) is 0 Å². The predicted molar refractivity (Wildman–Crippen MR) is 73.1 cm³/mol. The number of hydrogen-bond acceptors (Lipinski definition) is 1. The Hall–Kier alpha value is -5.09. The van der Waals surface area contributed by atoms with Crippen molar-refractivity contribution in [3.05, 3.63) is 10.4 Å². The summed E-state index contributed by atoms with van der Waals surface area (Å²) in [5.74, 6) is 0. The molecule has 0 saturated carbocycles. The lowest BCUT2D eigenvalue weighted by atomic mass is 10.8. The average molecular weight is 379 g/mol. The standard InChI is InChI=1S/C2H5N25/c1-2-4-6-8-10-12-14-16-18-20-22-24-26-27-25-23-21-19-17-15-13-11-9-7-5-3/h2H2,1H3/b6-4-,10-8+,11-9+,14-12+,15-13+,18-16+,19-17+,22-20+,23-21+,26-24+,27-25+. The Morgan fingerprint density at radius 1 is 0.444 bits per heavy atom. The van der Waals surface area contributed by atoms with Gasteiger partial charge < -0.3 is 0 Å². The molecule has 0 aromatic rings. The minimum Gasteiger partial charge on any atom is -0.168 e. The lowest BCUT2D eigenvalue weighted by molar-refractivity contribution is 0.734. The van der Waals surface area contributed by atoms with Crippen molar-refractivity contribution < 1.29 is 0 Å². The normalized spacial score (nSPS) is 14.1. The molecule has 0 bridgehead atoms. The minimum absolute atomic E-state index is 0.460. The summed E-state index contributed by atoms with van der Waals surface area (Å²) < 4.78 is 0. The molecule has 27 heavy (non-hydrogen) atoms. The molecule has 0 aromatic carbocycles. The summed E-state index contributed by atoms with van der Waals surface area (Å²) in [7, 11) is 0. The summed E-state index contributed by atoms with van der Waals surface area (Å²) in [6.45, 7) is 2.22. The number of hydrogen-bond donors (Lipinski definition) is 0. The summed E-state index contributed by atoms with van der Waals surface area (Å²) in [6, 6.07) is 0. The second-order valence-corrected chi connectivity index (χ2v) is 2.51. The van der Waals surface area contributed by atoms with Gasteiger partial charge in [0.2, 0.25) is 0 Å². The van der Waals surface area contributed by atoms with Crippen molar-refractivity contribution in [1.82, 2.24) is 0 Å². The summed E-state index contributed by atoms with van der Waals surface area (Å²) >= 11 is 0. The highest BCUT2D eigenvalue weighted by molar-refractivity contribution is 4.31. The smallest absolute Gasteiger partial charge is 0.124 e. The van der Waals surface area contributed by atoms with Gasteiger partial charge in [-0.15, -0.1) is 5.53 Å². The number of rotatable bonds is 12. The van der Waals surface area contributed by atoms with Gasteiger partial charge in [0, 0.05) is 57.5 Å². The summed E-state index contributed by atoms with van der Waals surface area (Å²) in [4.78, 5) is 2.25. The van der Waals surface area contributed by atoms with Crippen LogP contribution in [0.15, 0.2) is 120 Å². The molecule has 0 spiro atoms. The van der Waals surface area contributed by atoms with Gasteiger partial charge in [0.25, 0.3) is 0 Å². The molecular weight excluding hydrogens is 374 g/mol. The Bertz CT molecular complexity index is 724. The van der Waals surface area contributed by atoms with E-state index in [1.165, 1.54) is 0 Å². The molecule has 0 atom stereocenters. The van der Waals surface area contributed by atoms with Gasteiger partial charge in [-0.25, -0.2) is 0 Å². The van der Waals surface area contributed by atoms with Gasteiger partial charge in [-0.05, 0) is 48.7 Å². The van der Waals surface area contributed by atoms with Crippen LogP contribution in [0.4, 0.5) is 0 Å². The molecule has 0 N–H and O–H groups in total. The molecule has 0 aliphatic carbocycles. The molecule has 138 valence electrons. The highest BCUT2D eigenvalue weighted by atomic mass is 15.7. The van der Waals surface area contributed by atoms with Gasteiger partial charge in [0.1, 0.15) is 10.4 Å². The maximum absolute atomic E-state index is 7.83. The Morgan fingerprint density at radius 2 is 0.704 bits per heavy atom. The van der Waals surface area contributed by atoms with Gasteiger partial charge in [0.05, 0.1) is 11.8 Å². The third-order valence-corrected chi connectivity index (χ3v) is 1.08. The highest BCUT2D eigenvalue weighted by Crippen LogP contribution is 1.90. The van der Waals surface area contributed by atoms with Crippen molar-refractivity contribution >= 4 is 0 Å². The maximum Gasteiger partial charge on any atom is 0.124 e. The zero-order chi connectivity index (χ0) is 19.7. The predicted octanol–water partition coefficient (Wildman–Crippen LogP) is 5.36. The lowest BCUT2D eigenvalue weighted by Crippen LogP contribution is -1.58. The molecule has 0 heterocycles. The van der Waals surface area contributed by atoms with Crippen LogP contribution in [0.2, 0.25) is 0 Å². The van der Waals surface area contributed by atoms with Crippen molar-refractivity contribution in [2.45, 2.75) is 6.92 Å². The first-order valence-electron chi connectivity index (χ1n) is 5.82. The summed E-state index contributed by atoms with van der Waals surface area (Å²) in [5, 5.41) is 69.2. The van der Waals surface area contributed by atoms with Crippen LogP contribution in [0.25, 0.3) is 10.4 Å². The van der Waals surface area contributed by atoms with E-state index >= 15 is 0 Å². The van der Waals surface area contributed by atoms with Gasteiger partial charge in [-0.3, -0.25) is 0 Å². The fourth-order valence-corrected chi connectivity index (χ4v) is 0.467. The highest BCUT2D eigenvalue weighted by Gasteiger charge is 1.73. The molecular formula is C2H5N25. The van der Waals surface area contributed by atoms with Crippen LogP contribution in [0, 0.1) is 0 Å². The molecule has 0 aromatic heterocycles. The SMILES string of the molecule is CC\N=N/N=N/N=N/N=N/N=N/N=N/N=N/N=N/N=N/N=N/N=N/N=[N+]=[N-]. The van der Waals surface area contributed by atoms with Crippen LogP contribution in [-0.4, -0.2) is 6.54 Å². The topological polar surface area (TPSA) is 321 Å². The van der Waals surface area contributed by atoms with Crippen LogP contribution >= 0.6 is 0 Å². The quantitative estimate of drug-likeness (QED) is 0.179. The zero-order valence-electron chi connectivity index (χ0n) is 12.9. The molecule has 0 aliphatic rings. The molecule has 0 fully saturated rings. The first-order chi connectivity index (χ1) is 13.4. The third kappa shape index (κ3) is 20.9. The van der Waals surface area contributed by atoms with E-state index in [0.717, 1.165) is 0 Å². The van der Waals surface area contributed by atoms with Crippen molar-refractivity contribution in [3.63, 3.8) is 0 Å². The monoisotopic (exact) mass is 379 g/mol. The first-order valence-corrected chi connectivity index (χ1v) is 5.82. The fraction of sp³-hybridized carbons (Fsp3) is 1.00. The Morgan fingerprint density at radius 3 is 0.963 bits per heavy atom. The molecule has 0 saturated heterocycles. The third-order valence-electron chi connectivity index (χ3n) is 1.08. The van der Waals surface area contributed by atoms with Crippen LogP contribution in [0.3, 0.4) is 0 Å². The number of azide groups is 1. The van der Waals surface area contributed by atoms with Crippen LogP contribution in [0.5, 0.6) is 0 Å². The largest absolute Gasteiger partial charge is 0.168 e. The molecule has 0 rings (SSSR count). The molecule has 0 amide bonds. The molecule has 0 unspecified atom stereocenters. The Balaban J connectivity index is 3.94. The molecule has 0 aliphatic heterocycles. The van der Waals surface area contributed by atoms with Gasteiger partial charge in [0.15, 0.2) is 0 Å². The van der Waals surface area contributed by atoms with Crippen LogP contribution in [0.1, 0.15) is 6.92 Å². The maximum atomic E-state index is 7.83. The van der Waals surface area contributed by atoms with Crippen molar-refractivity contribution in [2.24, 2.45) is 120 Å². The van der Waals surface area contributed by atoms with E-state index in [1.54, 1.807) is 6.92 Å². The summed E-state index contributed by atoms with van der Waals surface area (Å²) in [6.07, 6.45) is 0. The Labute approximate surface area is 145 Å². The zero-order valence-corrected chi connectivity index (χ0v) is 12.9. The van der Waals surface area contributed by atoms with Crippen LogP contribution < -0.4 is 0 Å². The minimum atomic E-state index is 0.460. The molecule has 25 nitrogen and oxygen atoms in total. The lowest BCUT2D eigenvalue weighted by Gasteiger charge is -1.71.